The Bertz CT molecular complexity index is 484. The quantitative estimate of drug-likeness (QED) is 0.808. The highest BCUT2D eigenvalue weighted by Gasteiger charge is 2.23. The van der Waals surface area contributed by atoms with Crippen molar-refractivity contribution >= 4 is 17.7 Å². The molecular weight excluding hydrogens is 253 g/mol. The van der Waals surface area contributed by atoms with E-state index in [1.54, 1.807) is 24.3 Å². The predicted molar refractivity (Wildman–Crippen MR) is 65.7 cm³/mol. The predicted octanol–water partition coefficient (Wildman–Crippen LogP) is 1.11. The van der Waals surface area contributed by atoms with Crippen LogP contribution in [0, 0.1) is 6.92 Å². The molecule has 0 aromatic heterocycles. The molecule has 0 saturated carbocycles. The van der Waals surface area contributed by atoms with Crippen LogP contribution in [-0.4, -0.2) is 35.5 Å². The monoisotopic (exact) mass is 267 g/mol. The first-order chi connectivity index (χ1) is 8.93. The van der Waals surface area contributed by atoms with E-state index in [-0.39, 0.29) is 5.56 Å². The Morgan fingerprint density at radius 1 is 1.26 bits per heavy atom. The number of aryl methyl sites for hydroxylation is 1. The molecular formula is C13H14FNO4. The van der Waals surface area contributed by atoms with Gasteiger partial charge in [0, 0.05) is 5.56 Å². The van der Waals surface area contributed by atoms with Crippen LogP contribution in [0.25, 0.3) is 0 Å². The van der Waals surface area contributed by atoms with Crippen molar-refractivity contribution in [2.75, 3.05) is 6.67 Å². The molecule has 19 heavy (non-hydrogen) atoms. The van der Waals surface area contributed by atoms with Crippen molar-refractivity contribution in [3.63, 3.8) is 0 Å². The van der Waals surface area contributed by atoms with E-state index in [4.69, 9.17) is 5.11 Å². The zero-order valence-electron chi connectivity index (χ0n) is 10.4. The van der Waals surface area contributed by atoms with Crippen LogP contribution < -0.4 is 5.32 Å². The minimum atomic E-state index is -1.35. The summed E-state index contributed by atoms with van der Waals surface area (Å²) in [6.45, 7) is 0.535. The number of carboxylic acids is 1. The molecule has 2 N–H and O–H groups in total. The summed E-state index contributed by atoms with van der Waals surface area (Å²) in [6.07, 6.45) is -0.639. The summed E-state index contributed by atoms with van der Waals surface area (Å²) in [5.41, 5.74) is 1.24. The molecule has 0 spiro atoms. The normalized spacial score (nSPS) is 11.7. The summed E-state index contributed by atoms with van der Waals surface area (Å²) >= 11 is 0. The second kappa shape index (κ2) is 6.63. The second-order valence-electron chi connectivity index (χ2n) is 4.09. The van der Waals surface area contributed by atoms with Gasteiger partial charge in [-0.2, -0.15) is 0 Å². The molecule has 0 radical (unpaired) electrons. The summed E-state index contributed by atoms with van der Waals surface area (Å²) in [7, 11) is 0. The van der Waals surface area contributed by atoms with Crippen LogP contribution in [-0.2, 0) is 9.59 Å². The highest BCUT2D eigenvalue weighted by Crippen LogP contribution is 2.05. The van der Waals surface area contributed by atoms with Crippen molar-refractivity contribution in [1.82, 2.24) is 5.32 Å². The molecule has 0 saturated heterocycles. The lowest BCUT2D eigenvalue weighted by atomic mass is 10.1. The lowest BCUT2D eigenvalue weighted by Gasteiger charge is -2.14. The van der Waals surface area contributed by atoms with E-state index in [0.717, 1.165) is 5.56 Å². The maximum Gasteiger partial charge on any atom is 0.305 e. The number of ketones is 1. The topological polar surface area (TPSA) is 83.5 Å². The molecule has 0 heterocycles. The first-order valence-corrected chi connectivity index (χ1v) is 5.62. The van der Waals surface area contributed by atoms with Crippen LogP contribution in [0.1, 0.15) is 22.3 Å². The van der Waals surface area contributed by atoms with Crippen LogP contribution in [0.15, 0.2) is 24.3 Å². The average Bonchev–Trinajstić information content (AvgIpc) is 2.37. The number of nitrogens with one attached hydrogen (secondary N) is 1. The summed E-state index contributed by atoms with van der Waals surface area (Å²) in [6, 6.07) is 5.15. The SMILES string of the molecule is Cc1ccc(C(=O)NC(CC(=O)O)C(=O)CF)cc1. The van der Waals surface area contributed by atoms with Crippen LogP contribution in [0.4, 0.5) is 4.39 Å². The van der Waals surface area contributed by atoms with Gasteiger partial charge in [0.15, 0.2) is 5.78 Å². The summed E-state index contributed by atoms with van der Waals surface area (Å²) < 4.78 is 12.3. The number of aliphatic carboxylic acids is 1. The lowest BCUT2D eigenvalue weighted by Crippen LogP contribution is -2.43. The highest BCUT2D eigenvalue weighted by molar-refractivity contribution is 5.99. The number of carboxylic acid groups (broad SMARTS) is 1. The maximum atomic E-state index is 12.3. The number of alkyl halides is 1. The molecule has 0 aliphatic heterocycles. The van der Waals surface area contributed by atoms with Gasteiger partial charge in [0.2, 0.25) is 0 Å². The zero-order chi connectivity index (χ0) is 14.4. The Kier molecular flexibility index (Phi) is 5.17. The van der Waals surface area contributed by atoms with E-state index in [1.807, 2.05) is 6.92 Å². The van der Waals surface area contributed by atoms with Crippen molar-refractivity contribution in [2.24, 2.45) is 0 Å². The van der Waals surface area contributed by atoms with E-state index in [9.17, 15) is 18.8 Å². The van der Waals surface area contributed by atoms with E-state index in [1.165, 1.54) is 0 Å². The van der Waals surface area contributed by atoms with Crippen molar-refractivity contribution in [3.8, 4) is 0 Å². The molecule has 1 aromatic rings. The molecule has 0 fully saturated rings. The van der Waals surface area contributed by atoms with Crippen molar-refractivity contribution < 1.29 is 23.9 Å². The average molecular weight is 267 g/mol. The first kappa shape index (κ1) is 14.8. The fourth-order valence-corrected chi connectivity index (χ4v) is 1.46. The number of Topliss-reactive ketones (excluding diaryl/α,β-unsaturated/α-hetero) is 1. The molecule has 0 bridgehead atoms. The standard InChI is InChI=1S/C13H14FNO4/c1-8-2-4-9(5-3-8)13(19)15-10(6-12(17)18)11(16)7-14/h2-5,10H,6-7H2,1H3,(H,15,19)(H,17,18). The van der Waals surface area contributed by atoms with E-state index >= 15 is 0 Å². The Hall–Kier alpha value is -2.24. The summed E-state index contributed by atoms with van der Waals surface area (Å²) in [5.74, 6) is -2.84. The van der Waals surface area contributed by atoms with Gasteiger partial charge in [-0.1, -0.05) is 17.7 Å². The Labute approximate surface area is 109 Å². The smallest absolute Gasteiger partial charge is 0.305 e. The van der Waals surface area contributed by atoms with Gasteiger partial charge in [0.1, 0.15) is 12.7 Å². The minimum absolute atomic E-state index is 0.285. The Morgan fingerprint density at radius 2 is 1.84 bits per heavy atom. The number of hydrogen-bond acceptors (Lipinski definition) is 3. The van der Waals surface area contributed by atoms with Gasteiger partial charge in [-0.15, -0.1) is 0 Å². The van der Waals surface area contributed by atoms with Gasteiger partial charge in [-0.05, 0) is 19.1 Å². The number of halogens is 1. The van der Waals surface area contributed by atoms with Gasteiger partial charge >= 0.3 is 5.97 Å². The maximum absolute atomic E-state index is 12.3. The van der Waals surface area contributed by atoms with E-state index in [2.05, 4.69) is 5.32 Å². The number of hydrogen-bond donors (Lipinski definition) is 2. The second-order valence-corrected chi connectivity index (χ2v) is 4.09. The van der Waals surface area contributed by atoms with Crippen LogP contribution in [0.2, 0.25) is 0 Å². The fourth-order valence-electron chi connectivity index (χ4n) is 1.46. The van der Waals surface area contributed by atoms with E-state index in [0.29, 0.717) is 0 Å². The van der Waals surface area contributed by atoms with E-state index < -0.39 is 36.8 Å². The molecule has 1 amide bonds. The zero-order valence-corrected chi connectivity index (χ0v) is 10.4. The summed E-state index contributed by atoms with van der Waals surface area (Å²) in [4.78, 5) is 33.6. The molecule has 0 aliphatic rings. The van der Waals surface area contributed by atoms with Crippen LogP contribution in [0.3, 0.4) is 0 Å². The first-order valence-electron chi connectivity index (χ1n) is 5.62. The number of carbonyl (C=O) groups is 3. The van der Waals surface area contributed by atoms with Crippen LogP contribution >= 0.6 is 0 Å². The van der Waals surface area contributed by atoms with Gasteiger partial charge in [0.05, 0.1) is 6.42 Å². The third-order valence-electron chi connectivity index (χ3n) is 2.52. The molecule has 1 unspecified atom stereocenters. The molecule has 1 rings (SSSR count). The van der Waals surface area contributed by atoms with Gasteiger partial charge in [0.25, 0.3) is 5.91 Å². The minimum Gasteiger partial charge on any atom is -0.481 e. The number of amides is 1. The molecule has 6 heteroatoms. The molecule has 0 aliphatic carbocycles. The number of carbonyl (C=O) groups excluding carboxylic acids is 2. The third-order valence-corrected chi connectivity index (χ3v) is 2.52. The highest BCUT2D eigenvalue weighted by atomic mass is 19.1. The fraction of sp³-hybridized carbons (Fsp3) is 0.308. The van der Waals surface area contributed by atoms with Crippen molar-refractivity contribution in [2.45, 2.75) is 19.4 Å². The van der Waals surface area contributed by atoms with Crippen molar-refractivity contribution in [1.29, 1.82) is 0 Å². The Balaban J connectivity index is 2.78. The summed E-state index contributed by atoms with van der Waals surface area (Å²) in [5, 5.41) is 10.8. The third kappa shape index (κ3) is 4.50. The number of benzene rings is 1. The molecule has 5 nitrogen and oxygen atoms in total. The van der Waals surface area contributed by atoms with Gasteiger partial charge in [-0.25, -0.2) is 4.39 Å². The van der Waals surface area contributed by atoms with Crippen LogP contribution in [0.5, 0.6) is 0 Å². The van der Waals surface area contributed by atoms with Crippen molar-refractivity contribution in [3.05, 3.63) is 35.4 Å². The van der Waals surface area contributed by atoms with Gasteiger partial charge < -0.3 is 10.4 Å². The Morgan fingerprint density at radius 3 is 2.32 bits per heavy atom. The molecule has 102 valence electrons. The largest absolute Gasteiger partial charge is 0.481 e. The lowest BCUT2D eigenvalue weighted by molar-refractivity contribution is -0.139. The van der Waals surface area contributed by atoms with Gasteiger partial charge in [-0.3, -0.25) is 14.4 Å². The number of rotatable bonds is 6. The molecule has 1 atom stereocenters. The molecule has 1 aromatic carbocycles.